The third-order valence-corrected chi connectivity index (χ3v) is 6.18. The van der Waals surface area contributed by atoms with Crippen molar-refractivity contribution in [2.45, 2.75) is 43.7 Å². The molecule has 2 aromatic rings. The van der Waals surface area contributed by atoms with Crippen LogP contribution in [0.15, 0.2) is 36.4 Å². The lowest BCUT2D eigenvalue weighted by atomic mass is 9.79. The molecule has 1 amide bonds. The minimum Gasteiger partial charge on any atom is -0.493 e. The van der Waals surface area contributed by atoms with Gasteiger partial charge in [0.1, 0.15) is 0 Å². The fourth-order valence-electron chi connectivity index (χ4n) is 3.88. The second-order valence-electron chi connectivity index (χ2n) is 7.20. The van der Waals surface area contributed by atoms with Gasteiger partial charge in [0.05, 0.1) is 24.3 Å². The highest BCUT2D eigenvalue weighted by Gasteiger charge is 2.30. The van der Waals surface area contributed by atoms with E-state index in [-0.39, 0.29) is 12.0 Å². The number of nitrogens with one attached hydrogen (secondary N) is 1. The molecule has 0 saturated heterocycles. The monoisotopic (exact) mass is 437 g/mol. The molecule has 5 nitrogen and oxygen atoms in total. The summed E-state index contributed by atoms with van der Waals surface area (Å²) in [4.78, 5) is 12.7. The van der Waals surface area contributed by atoms with Crippen molar-refractivity contribution in [1.82, 2.24) is 5.32 Å². The van der Waals surface area contributed by atoms with Gasteiger partial charge in [-0.25, -0.2) is 0 Å². The molecule has 3 rings (SSSR count). The van der Waals surface area contributed by atoms with E-state index in [4.69, 9.17) is 32.7 Å². The van der Waals surface area contributed by atoms with E-state index < -0.39 is 12.0 Å². The molecular weight excluding hydrogens is 413 g/mol. The van der Waals surface area contributed by atoms with E-state index in [9.17, 15) is 9.90 Å². The van der Waals surface area contributed by atoms with Crippen LogP contribution in [0.3, 0.4) is 0 Å². The van der Waals surface area contributed by atoms with Crippen molar-refractivity contribution in [3.05, 3.63) is 57.6 Å². The molecule has 1 saturated carbocycles. The Bertz CT molecular complexity index is 874. The normalized spacial score (nSPS) is 20.0. The molecule has 2 N–H and O–H groups in total. The molecule has 7 heteroatoms. The first-order valence-electron chi connectivity index (χ1n) is 9.60. The number of carbonyl (C=O) groups is 1. The first kappa shape index (κ1) is 21.8. The number of rotatable bonds is 6. The maximum Gasteiger partial charge on any atom is 0.253 e. The van der Waals surface area contributed by atoms with Gasteiger partial charge in [0, 0.05) is 12.0 Å². The summed E-state index contributed by atoms with van der Waals surface area (Å²) in [5.74, 6) is 1.02. The fraction of sp³-hybridized carbons (Fsp3) is 0.409. The van der Waals surface area contributed by atoms with Gasteiger partial charge < -0.3 is 19.9 Å². The number of amides is 1. The first-order chi connectivity index (χ1) is 13.9. The lowest BCUT2D eigenvalue weighted by Crippen LogP contribution is -2.43. The lowest BCUT2D eigenvalue weighted by molar-refractivity contribution is -0.130. The van der Waals surface area contributed by atoms with Crippen LogP contribution >= 0.6 is 23.2 Å². The minimum absolute atomic E-state index is 0.0771. The molecule has 1 aliphatic carbocycles. The largest absolute Gasteiger partial charge is 0.493 e. The van der Waals surface area contributed by atoms with Crippen LogP contribution in [0.1, 0.15) is 48.8 Å². The summed E-state index contributed by atoms with van der Waals surface area (Å²) in [5, 5.41) is 14.2. The van der Waals surface area contributed by atoms with Gasteiger partial charge in [0.2, 0.25) is 0 Å². The quantitative estimate of drug-likeness (QED) is 0.674. The summed E-state index contributed by atoms with van der Waals surface area (Å²) in [7, 11) is 3.21. The molecule has 0 bridgehead atoms. The molecular formula is C22H25Cl2NO4. The van der Waals surface area contributed by atoms with Crippen molar-refractivity contribution in [3.63, 3.8) is 0 Å². The summed E-state index contributed by atoms with van der Waals surface area (Å²) >= 11 is 11.9. The van der Waals surface area contributed by atoms with E-state index in [2.05, 4.69) is 5.32 Å². The molecule has 2 aromatic carbocycles. The summed E-state index contributed by atoms with van der Waals surface area (Å²) < 4.78 is 10.7. The predicted octanol–water partition coefficient (Wildman–Crippen LogP) is 4.89. The molecule has 0 radical (unpaired) electrons. The van der Waals surface area contributed by atoms with Gasteiger partial charge in [-0.1, -0.05) is 48.2 Å². The van der Waals surface area contributed by atoms with E-state index >= 15 is 0 Å². The number of hydrogen-bond acceptors (Lipinski definition) is 4. The molecule has 1 fully saturated rings. The number of ether oxygens (including phenoxy) is 2. The highest BCUT2D eigenvalue weighted by atomic mass is 35.5. The molecule has 0 aliphatic heterocycles. The van der Waals surface area contributed by atoms with Gasteiger partial charge in [-0.3, -0.25) is 4.79 Å². The Kier molecular flexibility index (Phi) is 7.28. The van der Waals surface area contributed by atoms with E-state index in [0.717, 1.165) is 31.2 Å². The summed E-state index contributed by atoms with van der Waals surface area (Å²) in [5.41, 5.74) is 1.49. The van der Waals surface area contributed by atoms with E-state index in [1.165, 1.54) is 6.07 Å². The number of carbonyl (C=O) groups excluding carboxylic acids is 1. The minimum atomic E-state index is -1.31. The Hall–Kier alpha value is -1.95. The van der Waals surface area contributed by atoms with Crippen LogP contribution < -0.4 is 14.8 Å². The van der Waals surface area contributed by atoms with E-state index in [1.54, 1.807) is 26.4 Å². The molecule has 0 aromatic heterocycles. The fourth-order valence-corrected chi connectivity index (χ4v) is 4.19. The van der Waals surface area contributed by atoms with Crippen molar-refractivity contribution in [2.24, 2.45) is 0 Å². The zero-order chi connectivity index (χ0) is 21.0. The van der Waals surface area contributed by atoms with Gasteiger partial charge in [-0.2, -0.15) is 0 Å². The number of aliphatic hydroxyl groups is 1. The van der Waals surface area contributed by atoms with Crippen LogP contribution in [0.2, 0.25) is 10.0 Å². The second-order valence-corrected chi connectivity index (χ2v) is 8.01. The van der Waals surface area contributed by atoms with Gasteiger partial charge in [0.15, 0.2) is 17.6 Å². The van der Waals surface area contributed by atoms with E-state index in [0.29, 0.717) is 27.1 Å². The molecule has 29 heavy (non-hydrogen) atoms. The predicted molar refractivity (Wildman–Crippen MR) is 114 cm³/mol. The molecule has 0 heterocycles. The van der Waals surface area contributed by atoms with Crippen molar-refractivity contribution in [1.29, 1.82) is 0 Å². The molecule has 156 valence electrons. The van der Waals surface area contributed by atoms with Gasteiger partial charge >= 0.3 is 0 Å². The first-order valence-corrected chi connectivity index (χ1v) is 10.4. The van der Waals surface area contributed by atoms with E-state index in [1.807, 2.05) is 18.2 Å². The molecule has 0 spiro atoms. The second kappa shape index (κ2) is 9.70. The zero-order valence-electron chi connectivity index (χ0n) is 16.5. The number of aliphatic hydroxyl groups excluding tert-OH is 1. The molecule has 1 aliphatic rings. The number of methoxy groups -OCH3 is 2. The van der Waals surface area contributed by atoms with Crippen molar-refractivity contribution in [3.8, 4) is 11.5 Å². The van der Waals surface area contributed by atoms with Crippen LogP contribution in [0.5, 0.6) is 11.5 Å². The van der Waals surface area contributed by atoms with Gasteiger partial charge in [-0.15, -0.1) is 0 Å². The Morgan fingerprint density at radius 3 is 2.45 bits per heavy atom. The van der Waals surface area contributed by atoms with Crippen LogP contribution in [0.25, 0.3) is 0 Å². The Labute approximate surface area is 180 Å². The summed E-state index contributed by atoms with van der Waals surface area (Å²) in [6.07, 6.45) is 2.60. The van der Waals surface area contributed by atoms with Crippen LogP contribution in [-0.4, -0.2) is 31.3 Å². The summed E-state index contributed by atoms with van der Waals surface area (Å²) in [6.45, 7) is 0. The van der Waals surface area contributed by atoms with Crippen molar-refractivity contribution >= 4 is 29.1 Å². The van der Waals surface area contributed by atoms with Gasteiger partial charge in [-0.05, 0) is 48.2 Å². The Balaban J connectivity index is 1.77. The maximum absolute atomic E-state index is 12.7. The van der Waals surface area contributed by atoms with Gasteiger partial charge in [0.25, 0.3) is 5.91 Å². The number of hydrogen-bond donors (Lipinski definition) is 2. The number of halogens is 2. The third-order valence-electron chi connectivity index (χ3n) is 5.44. The maximum atomic E-state index is 12.7. The highest BCUT2D eigenvalue weighted by molar-refractivity contribution is 6.42. The topological polar surface area (TPSA) is 67.8 Å². The smallest absolute Gasteiger partial charge is 0.253 e. The highest BCUT2D eigenvalue weighted by Crippen LogP contribution is 2.38. The molecule has 3 atom stereocenters. The van der Waals surface area contributed by atoms with Crippen molar-refractivity contribution < 1.29 is 19.4 Å². The standard InChI is InChI=1S/C22H25Cl2NO4/c1-28-19-10-8-13(12-20(19)29-2)15-5-3-4-6-18(15)25-22(27)21(26)14-7-9-16(23)17(24)11-14/h7-12,15,18,21,26H,3-6H2,1-2H3,(H,25,27)/t15-,18+,21?/m0/s1. The Morgan fingerprint density at radius 2 is 1.76 bits per heavy atom. The third kappa shape index (κ3) is 4.97. The van der Waals surface area contributed by atoms with Crippen LogP contribution in [0, 0.1) is 0 Å². The lowest BCUT2D eigenvalue weighted by Gasteiger charge is -2.33. The number of benzene rings is 2. The molecule has 1 unspecified atom stereocenters. The van der Waals surface area contributed by atoms with Crippen LogP contribution in [0.4, 0.5) is 0 Å². The van der Waals surface area contributed by atoms with Crippen molar-refractivity contribution in [2.75, 3.05) is 14.2 Å². The average molecular weight is 438 g/mol. The summed E-state index contributed by atoms with van der Waals surface area (Å²) in [6, 6.07) is 10.5. The average Bonchev–Trinajstić information content (AvgIpc) is 2.75. The Morgan fingerprint density at radius 1 is 1.03 bits per heavy atom. The van der Waals surface area contributed by atoms with Crippen LogP contribution in [-0.2, 0) is 4.79 Å². The SMILES string of the molecule is COc1ccc([C@@H]2CCCC[C@H]2NC(=O)C(O)c2ccc(Cl)c(Cl)c2)cc1OC. The zero-order valence-corrected chi connectivity index (χ0v) is 18.0.